The molecule has 0 aliphatic rings. The van der Waals surface area contributed by atoms with Gasteiger partial charge in [0.25, 0.3) is 0 Å². The highest BCUT2D eigenvalue weighted by atomic mass is 79.9. The van der Waals surface area contributed by atoms with Crippen LogP contribution in [0.4, 0.5) is 4.39 Å². The number of hydrogen-bond donors (Lipinski definition) is 0. The molecule has 0 fully saturated rings. The van der Waals surface area contributed by atoms with Crippen LogP contribution in [-0.4, -0.2) is 10.9 Å². The van der Waals surface area contributed by atoms with Gasteiger partial charge in [0.15, 0.2) is 6.29 Å². The summed E-state index contributed by atoms with van der Waals surface area (Å²) < 4.78 is 15.9. The summed E-state index contributed by atoms with van der Waals surface area (Å²) in [5, 5.41) is 0. The van der Waals surface area contributed by atoms with E-state index in [9.17, 15) is 9.18 Å². The Kier molecular flexibility index (Phi) is 3.71. The van der Waals surface area contributed by atoms with Gasteiger partial charge in [0.05, 0.1) is 0 Å². The molecule has 21 heavy (non-hydrogen) atoms. The number of hydrogen-bond acceptors (Lipinski definition) is 1. The van der Waals surface area contributed by atoms with Gasteiger partial charge in [0.2, 0.25) is 0 Å². The van der Waals surface area contributed by atoms with Crippen LogP contribution in [0.2, 0.25) is 0 Å². The van der Waals surface area contributed by atoms with E-state index in [1.165, 1.54) is 12.1 Å². The molecule has 1 aromatic heterocycles. The van der Waals surface area contributed by atoms with Crippen molar-refractivity contribution in [2.24, 2.45) is 0 Å². The minimum atomic E-state index is -0.293. The molecular formula is C17H11BrFNO. The van der Waals surface area contributed by atoms with Gasteiger partial charge < -0.3 is 4.57 Å². The third kappa shape index (κ3) is 2.81. The van der Waals surface area contributed by atoms with E-state index in [4.69, 9.17) is 0 Å². The van der Waals surface area contributed by atoms with Crippen molar-refractivity contribution in [1.29, 1.82) is 0 Å². The maximum Gasteiger partial charge on any atom is 0.152 e. The normalized spacial score (nSPS) is 10.6. The molecule has 0 aliphatic heterocycles. The number of halogens is 2. The van der Waals surface area contributed by atoms with Gasteiger partial charge in [-0.2, -0.15) is 0 Å². The lowest BCUT2D eigenvalue weighted by Gasteiger charge is -2.02. The number of rotatable bonds is 3. The molecule has 0 saturated carbocycles. The minimum absolute atomic E-state index is 0.293. The highest BCUT2D eigenvalue weighted by molar-refractivity contribution is 9.10. The van der Waals surface area contributed by atoms with E-state index in [0.717, 1.165) is 27.6 Å². The van der Waals surface area contributed by atoms with Crippen molar-refractivity contribution in [2.45, 2.75) is 0 Å². The van der Waals surface area contributed by atoms with Crippen LogP contribution < -0.4 is 0 Å². The first-order valence-electron chi connectivity index (χ1n) is 6.36. The molecule has 0 saturated heterocycles. The zero-order valence-corrected chi connectivity index (χ0v) is 12.5. The molecule has 2 aromatic carbocycles. The molecule has 0 unspecified atom stereocenters. The van der Waals surface area contributed by atoms with Crippen molar-refractivity contribution in [3.05, 3.63) is 76.8 Å². The summed E-state index contributed by atoms with van der Waals surface area (Å²) in [6.45, 7) is 0. The Bertz CT molecular complexity index is 776. The highest BCUT2D eigenvalue weighted by Crippen LogP contribution is 2.26. The first-order valence-corrected chi connectivity index (χ1v) is 7.16. The molecular weight excluding hydrogens is 333 g/mol. The second-order valence-electron chi connectivity index (χ2n) is 4.64. The first kappa shape index (κ1) is 13.8. The quantitative estimate of drug-likeness (QED) is 0.622. The molecule has 3 rings (SSSR count). The Morgan fingerprint density at radius 3 is 2.24 bits per heavy atom. The fourth-order valence-corrected chi connectivity index (χ4v) is 2.46. The van der Waals surface area contributed by atoms with Crippen LogP contribution in [0, 0.1) is 5.82 Å². The molecule has 3 aromatic rings. The lowest BCUT2D eigenvalue weighted by atomic mass is 10.1. The third-order valence-corrected chi connectivity index (χ3v) is 3.79. The molecule has 2 nitrogen and oxygen atoms in total. The van der Waals surface area contributed by atoms with Crippen molar-refractivity contribution < 1.29 is 9.18 Å². The van der Waals surface area contributed by atoms with Crippen LogP contribution in [0.1, 0.15) is 10.4 Å². The van der Waals surface area contributed by atoms with Gasteiger partial charge in [0, 0.05) is 33.7 Å². The second kappa shape index (κ2) is 5.66. The number of carbonyl (C=O) groups excluding carboxylic acids is 1. The Labute approximate surface area is 130 Å². The number of aromatic nitrogens is 1. The summed E-state index contributed by atoms with van der Waals surface area (Å²) in [5.74, 6) is -0.293. The molecule has 0 bridgehead atoms. The summed E-state index contributed by atoms with van der Waals surface area (Å²) in [6.07, 6.45) is 4.46. The van der Waals surface area contributed by atoms with Gasteiger partial charge in [-0.1, -0.05) is 28.1 Å². The lowest BCUT2D eigenvalue weighted by molar-refractivity contribution is 0.112. The second-order valence-corrected chi connectivity index (χ2v) is 5.55. The topological polar surface area (TPSA) is 22.0 Å². The van der Waals surface area contributed by atoms with Crippen LogP contribution in [-0.2, 0) is 0 Å². The van der Waals surface area contributed by atoms with Crippen molar-refractivity contribution >= 4 is 22.2 Å². The molecule has 1 heterocycles. The largest absolute Gasteiger partial charge is 0.322 e. The Hall–Kier alpha value is -2.20. The maximum absolute atomic E-state index is 13.0. The predicted octanol–water partition coefficient (Wildman–Crippen LogP) is 4.86. The van der Waals surface area contributed by atoms with Crippen molar-refractivity contribution in [2.75, 3.05) is 0 Å². The summed E-state index contributed by atoms with van der Waals surface area (Å²) in [6, 6.07) is 13.9. The van der Waals surface area contributed by atoms with Gasteiger partial charge in [-0.25, -0.2) is 4.39 Å². The van der Waals surface area contributed by atoms with Gasteiger partial charge in [-0.15, -0.1) is 0 Å². The Morgan fingerprint density at radius 2 is 1.62 bits per heavy atom. The molecule has 0 N–H and O–H groups in total. The van der Waals surface area contributed by atoms with Crippen molar-refractivity contribution in [3.63, 3.8) is 0 Å². The molecule has 0 aliphatic carbocycles. The van der Waals surface area contributed by atoms with Crippen molar-refractivity contribution in [1.82, 2.24) is 4.57 Å². The summed E-state index contributed by atoms with van der Waals surface area (Å²) in [4.78, 5) is 11.3. The SMILES string of the molecule is O=Cc1cn(-c2ccc(Br)cc2)cc1-c1ccc(F)cc1. The average Bonchev–Trinajstić information content (AvgIpc) is 2.93. The first-order chi connectivity index (χ1) is 10.2. The predicted molar refractivity (Wildman–Crippen MR) is 84.3 cm³/mol. The Balaban J connectivity index is 2.08. The number of carbonyl (C=O) groups is 1. The van der Waals surface area contributed by atoms with E-state index in [-0.39, 0.29) is 5.82 Å². The summed E-state index contributed by atoms with van der Waals surface area (Å²) in [7, 11) is 0. The van der Waals surface area contributed by atoms with E-state index in [0.29, 0.717) is 5.56 Å². The number of benzene rings is 2. The van der Waals surface area contributed by atoms with Crippen molar-refractivity contribution in [3.8, 4) is 16.8 Å². The highest BCUT2D eigenvalue weighted by Gasteiger charge is 2.09. The third-order valence-electron chi connectivity index (χ3n) is 3.26. The summed E-state index contributed by atoms with van der Waals surface area (Å²) in [5.41, 5.74) is 3.13. The molecule has 0 spiro atoms. The Morgan fingerprint density at radius 1 is 0.952 bits per heavy atom. The van der Waals surface area contributed by atoms with E-state index < -0.39 is 0 Å². The summed E-state index contributed by atoms with van der Waals surface area (Å²) >= 11 is 3.39. The fourth-order valence-electron chi connectivity index (χ4n) is 2.20. The average molecular weight is 344 g/mol. The molecule has 0 atom stereocenters. The molecule has 0 radical (unpaired) electrons. The molecule has 104 valence electrons. The maximum atomic E-state index is 13.0. The van der Waals surface area contributed by atoms with Crippen LogP contribution in [0.15, 0.2) is 65.4 Å². The van der Waals surface area contributed by atoms with E-state index in [2.05, 4.69) is 15.9 Å². The standard InChI is InChI=1S/C17H11BrFNO/c18-14-3-7-16(8-4-14)20-9-13(11-21)17(10-20)12-1-5-15(19)6-2-12/h1-11H. The zero-order valence-electron chi connectivity index (χ0n) is 11.0. The van der Waals surface area contributed by atoms with E-state index in [1.54, 1.807) is 18.3 Å². The number of nitrogens with zero attached hydrogens (tertiary/aromatic N) is 1. The smallest absolute Gasteiger partial charge is 0.152 e. The molecule has 4 heteroatoms. The van der Waals surface area contributed by atoms with E-state index in [1.807, 2.05) is 35.0 Å². The van der Waals surface area contributed by atoms with Crippen LogP contribution >= 0.6 is 15.9 Å². The van der Waals surface area contributed by atoms with Crippen LogP contribution in [0.25, 0.3) is 16.8 Å². The lowest BCUT2D eigenvalue weighted by Crippen LogP contribution is -1.88. The molecule has 0 amide bonds. The van der Waals surface area contributed by atoms with Gasteiger partial charge in [-0.3, -0.25) is 4.79 Å². The number of aldehydes is 1. The zero-order chi connectivity index (χ0) is 14.8. The van der Waals surface area contributed by atoms with Gasteiger partial charge >= 0.3 is 0 Å². The fraction of sp³-hybridized carbons (Fsp3) is 0. The van der Waals surface area contributed by atoms with Crippen LogP contribution in [0.3, 0.4) is 0 Å². The van der Waals surface area contributed by atoms with E-state index >= 15 is 0 Å². The monoisotopic (exact) mass is 343 g/mol. The minimum Gasteiger partial charge on any atom is -0.322 e. The van der Waals surface area contributed by atoms with Crippen LogP contribution in [0.5, 0.6) is 0 Å². The van der Waals surface area contributed by atoms with Gasteiger partial charge in [0.1, 0.15) is 5.82 Å². The van der Waals surface area contributed by atoms with Gasteiger partial charge in [-0.05, 0) is 42.0 Å².